The Morgan fingerprint density at radius 1 is 1.04 bits per heavy atom. The Kier molecular flexibility index (Phi) is 8.87. The maximum absolute atomic E-state index is 4.32. The highest BCUT2D eigenvalue weighted by Gasteiger charge is 2.14. The zero-order valence-corrected chi connectivity index (χ0v) is 18.3. The van der Waals surface area contributed by atoms with E-state index in [1.165, 1.54) is 24.2 Å². The second-order valence-corrected chi connectivity index (χ2v) is 7.11. The summed E-state index contributed by atoms with van der Waals surface area (Å²) in [4.78, 5) is 9.26. The number of benzene rings is 1. The molecule has 1 aliphatic carbocycles. The van der Waals surface area contributed by atoms with Gasteiger partial charge in [0.05, 0.1) is 0 Å². The fraction of sp³-hybridized carbons (Fsp3) is 0.550. The van der Waals surface area contributed by atoms with Gasteiger partial charge in [0, 0.05) is 52.4 Å². The summed E-state index contributed by atoms with van der Waals surface area (Å²) in [6.45, 7) is 6.53. The molecule has 144 valence electrons. The fourth-order valence-electron chi connectivity index (χ4n) is 3.34. The average Bonchev–Trinajstić information content (AvgIpc) is 3.15. The van der Waals surface area contributed by atoms with Crippen LogP contribution in [0.25, 0.3) is 0 Å². The lowest BCUT2D eigenvalue weighted by atomic mass is 10.1. The van der Waals surface area contributed by atoms with Crippen LogP contribution in [0.2, 0.25) is 0 Å². The van der Waals surface area contributed by atoms with Gasteiger partial charge in [0.25, 0.3) is 0 Å². The fourth-order valence-corrected chi connectivity index (χ4v) is 3.34. The lowest BCUT2D eigenvalue weighted by Crippen LogP contribution is -2.43. The van der Waals surface area contributed by atoms with Crippen LogP contribution in [0.5, 0.6) is 0 Å². The predicted octanol–water partition coefficient (Wildman–Crippen LogP) is 2.44. The van der Waals surface area contributed by atoms with Crippen LogP contribution in [-0.4, -0.2) is 62.1 Å². The summed E-state index contributed by atoms with van der Waals surface area (Å²) < 4.78 is 0. The van der Waals surface area contributed by atoms with Gasteiger partial charge in [-0.2, -0.15) is 0 Å². The first-order valence-corrected chi connectivity index (χ1v) is 9.34. The predicted molar refractivity (Wildman–Crippen MR) is 120 cm³/mol. The van der Waals surface area contributed by atoms with Crippen molar-refractivity contribution in [3.63, 3.8) is 0 Å². The second kappa shape index (κ2) is 10.9. The molecule has 0 unspecified atom stereocenters. The molecule has 0 bridgehead atoms. The summed E-state index contributed by atoms with van der Waals surface area (Å²) in [5.41, 5.74) is 2.68. The highest BCUT2D eigenvalue weighted by atomic mass is 127. The number of hydrogen-bond donors (Lipinski definition) is 2. The quantitative estimate of drug-likeness (QED) is 0.301. The Labute approximate surface area is 174 Å². The van der Waals surface area contributed by atoms with E-state index in [1.54, 1.807) is 0 Å². The Bertz CT molecular complexity index is 583. The number of hydrogen-bond acceptors (Lipinski definition) is 3. The molecule has 1 aromatic carbocycles. The van der Waals surface area contributed by atoms with Crippen molar-refractivity contribution < 1.29 is 0 Å². The van der Waals surface area contributed by atoms with Gasteiger partial charge in [0.1, 0.15) is 0 Å². The molecule has 1 fully saturated rings. The first-order valence-electron chi connectivity index (χ1n) is 9.34. The number of aliphatic imine (C=N–C) groups is 1. The van der Waals surface area contributed by atoms with E-state index in [2.05, 4.69) is 68.9 Å². The molecular weight excluding hydrogens is 437 g/mol. The number of nitrogens with zero attached hydrogens (tertiary/aromatic N) is 3. The van der Waals surface area contributed by atoms with E-state index in [9.17, 15) is 0 Å². The molecule has 1 aliphatic heterocycles. The van der Waals surface area contributed by atoms with E-state index in [1.807, 2.05) is 7.05 Å². The minimum Gasteiger partial charge on any atom is -0.353 e. The summed E-state index contributed by atoms with van der Waals surface area (Å²) >= 11 is 0. The van der Waals surface area contributed by atoms with Crippen LogP contribution in [0, 0.1) is 0 Å². The van der Waals surface area contributed by atoms with Crippen molar-refractivity contribution in [1.82, 2.24) is 20.4 Å². The Morgan fingerprint density at radius 2 is 1.65 bits per heavy atom. The van der Waals surface area contributed by atoms with Crippen molar-refractivity contribution in [3.05, 3.63) is 47.5 Å². The molecule has 0 amide bonds. The number of nitrogens with one attached hydrogen (secondary N) is 2. The summed E-state index contributed by atoms with van der Waals surface area (Å²) in [6.07, 6.45) is 6.62. The smallest absolute Gasteiger partial charge is 0.191 e. The van der Waals surface area contributed by atoms with Crippen LogP contribution in [0.15, 0.2) is 41.4 Å². The molecule has 6 heteroatoms. The van der Waals surface area contributed by atoms with Crippen molar-refractivity contribution in [2.75, 3.05) is 40.3 Å². The molecule has 2 N–H and O–H groups in total. The first-order chi connectivity index (χ1) is 12.2. The maximum atomic E-state index is 4.32. The van der Waals surface area contributed by atoms with Gasteiger partial charge in [-0.25, -0.2) is 0 Å². The summed E-state index contributed by atoms with van der Waals surface area (Å²) in [6, 6.07) is 9.45. The van der Waals surface area contributed by atoms with Gasteiger partial charge in [-0.15, -0.1) is 24.0 Å². The third-order valence-corrected chi connectivity index (χ3v) is 5.06. The van der Waals surface area contributed by atoms with Crippen molar-refractivity contribution in [2.24, 2.45) is 4.99 Å². The molecule has 0 spiro atoms. The largest absolute Gasteiger partial charge is 0.353 e. The van der Waals surface area contributed by atoms with Crippen molar-refractivity contribution in [3.8, 4) is 0 Å². The van der Waals surface area contributed by atoms with Crippen LogP contribution in [0.1, 0.15) is 24.0 Å². The maximum Gasteiger partial charge on any atom is 0.191 e. The van der Waals surface area contributed by atoms with E-state index in [4.69, 9.17) is 0 Å². The second-order valence-electron chi connectivity index (χ2n) is 7.11. The molecule has 1 aromatic rings. The standard InChI is InChI=1S/C20H31N5.HI/c1-21-20(23-19-5-3-4-6-19)22-15-17-7-9-18(10-8-17)16-25-13-11-24(2)12-14-25;/h3-4,7-10,19H,5-6,11-16H2,1-2H3,(H2,21,22,23);1H. The number of likely N-dealkylation sites (N-methyl/N-ethyl adjacent to an activating group) is 1. The molecule has 0 atom stereocenters. The topological polar surface area (TPSA) is 42.9 Å². The minimum absolute atomic E-state index is 0. The number of halogens is 1. The molecule has 0 radical (unpaired) electrons. The van der Waals surface area contributed by atoms with Gasteiger partial charge in [-0.3, -0.25) is 9.89 Å². The van der Waals surface area contributed by atoms with E-state index in [0.29, 0.717) is 6.04 Å². The average molecular weight is 469 g/mol. The van der Waals surface area contributed by atoms with Crippen molar-refractivity contribution in [2.45, 2.75) is 32.0 Å². The van der Waals surface area contributed by atoms with Gasteiger partial charge in [-0.1, -0.05) is 36.4 Å². The highest BCUT2D eigenvalue weighted by Crippen LogP contribution is 2.10. The molecule has 1 saturated heterocycles. The van der Waals surface area contributed by atoms with E-state index >= 15 is 0 Å². The Hall–Kier alpha value is -1.12. The van der Waals surface area contributed by atoms with Gasteiger partial charge in [0.15, 0.2) is 5.96 Å². The van der Waals surface area contributed by atoms with Crippen LogP contribution < -0.4 is 10.6 Å². The number of rotatable bonds is 5. The van der Waals surface area contributed by atoms with E-state index in [0.717, 1.165) is 45.0 Å². The summed E-state index contributed by atoms with van der Waals surface area (Å²) in [7, 11) is 4.03. The van der Waals surface area contributed by atoms with Crippen LogP contribution in [-0.2, 0) is 13.1 Å². The highest BCUT2D eigenvalue weighted by molar-refractivity contribution is 14.0. The molecule has 0 saturated carbocycles. The third kappa shape index (κ3) is 6.55. The SMILES string of the molecule is CN=C(NCc1ccc(CN2CCN(C)CC2)cc1)NC1CC=CC1.I. The zero-order valence-electron chi connectivity index (χ0n) is 15.9. The van der Waals surface area contributed by atoms with Gasteiger partial charge >= 0.3 is 0 Å². The van der Waals surface area contributed by atoms with Crippen molar-refractivity contribution >= 4 is 29.9 Å². The van der Waals surface area contributed by atoms with Gasteiger partial charge in [-0.05, 0) is 31.0 Å². The zero-order chi connectivity index (χ0) is 17.5. The summed E-state index contributed by atoms with van der Waals surface area (Å²) in [5, 5.41) is 6.88. The molecular formula is C20H32IN5. The van der Waals surface area contributed by atoms with Crippen LogP contribution in [0.4, 0.5) is 0 Å². The molecule has 1 heterocycles. The molecule has 5 nitrogen and oxygen atoms in total. The summed E-state index contributed by atoms with van der Waals surface area (Å²) in [5.74, 6) is 0.884. The van der Waals surface area contributed by atoms with E-state index in [-0.39, 0.29) is 24.0 Å². The number of piperazine rings is 1. The molecule has 0 aromatic heterocycles. The van der Waals surface area contributed by atoms with Crippen LogP contribution in [0.3, 0.4) is 0 Å². The number of guanidine groups is 1. The lowest BCUT2D eigenvalue weighted by Gasteiger charge is -2.32. The molecule has 3 rings (SSSR count). The van der Waals surface area contributed by atoms with Crippen molar-refractivity contribution in [1.29, 1.82) is 0 Å². The molecule has 2 aliphatic rings. The third-order valence-electron chi connectivity index (χ3n) is 5.06. The van der Waals surface area contributed by atoms with Gasteiger partial charge < -0.3 is 15.5 Å². The van der Waals surface area contributed by atoms with Gasteiger partial charge in [0.2, 0.25) is 0 Å². The Balaban J connectivity index is 0.00000243. The lowest BCUT2D eigenvalue weighted by molar-refractivity contribution is 0.148. The first kappa shape index (κ1) is 21.2. The van der Waals surface area contributed by atoms with E-state index < -0.39 is 0 Å². The monoisotopic (exact) mass is 469 g/mol. The molecule has 26 heavy (non-hydrogen) atoms. The normalized spacial score (nSPS) is 19.4. The minimum atomic E-state index is 0. The van der Waals surface area contributed by atoms with Crippen LogP contribution >= 0.6 is 24.0 Å². The Morgan fingerprint density at radius 3 is 2.27 bits per heavy atom.